The highest BCUT2D eigenvalue weighted by Gasteiger charge is 2.32. The number of carbonyl (C=O) groups excluding carboxylic acids is 1. The first-order valence-electron chi connectivity index (χ1n) is 9.10. The fourth-order valence-electron chi connectivity index (χ4n) is 3.13. The van der Waals surface area contributed by atoms with Gasteiger partial charge in [-0.1, -0.05) is 25.1 Å². The van der Waals surface area contributed by atoms with Gasteiger partial charge in [0.1, 0.15) is 11.8 Å². The van der Waals surface area contributed by atoms with Gasteiger partial charge in [-0.15, -0.1) is 0 Å². The minimum absolute atomic E-state index is 0.320. The van der Waals surface area contributed by atoms with Crippen LogP contribution in [-0.2, 0) is 14.8 Å². The Balaban J connectivity index is 2.48. The van der Waals surface area contributed by atoms with E-state index in [0.29, 0.717) is 23.5 Å². The molecule has 2 rings (SSSR count). The van der Waals surface area contributed by atoms with E-state index in [9.17, 15) is 13.2 Å². The number of rotatable bonds is 7. The van der Waals surface area contributed by atoms with Crippen molar-refractivity contribution in [2.24, 2.45) is 0 Å². The molecule has 1 amide bonds. The standard InChI is InChI=1S/C21H28N2O4S/c1-7-18(21(24)22-17-12-14(2)9-11-20(17)27-5)23(28(6,25)26)19-13-15(3)8-10-16(19)4/h8-13,18H,7H2,1-6H3,(H,22,24). The molecule has 152 valence electrons. The molecule has 0 aliphatic carbocycles. The van der Waals surface area contributed by atoms with Gasteiger partial charge in [-0.2, -0.15) is 0 Å². The molecule has 0 heterocycles. The number of sulfonamides is 1. The highest BCUT2D eigenvalue weighted by Crippen LogP contribution is 2.30. The van der Waals surface area contributed by atoms with Crippen LogP contribution >= 0.6 is 0 Å². The second kappa shape index (κ2) is 8.65. The minimum atomic E-state index is -3.69. The number of ether oxygens (including phenoxy) is 1. The van der Waals surface area contributed by atoms with Crippen LogP contribution < -0.4 is 14.4 Å². The molecular weight excluding hydrogens is 376 g/mol. The molecule has 1 unspecified atom stereocenters. The highest BCUT2D eigenvalue weighted by atomic mass is 32.2. The molecule has 2 aromatic rings. The second-order valence-corrected chi connectivity index (χ2v) is 8.83. The largest absolute Gasteiger partial charge is 0.495 e. The van der Waals surface area contributed by atoms with E-state index in [0.717, 1.165) is 22.9 Å². The zero-order valence-corrected chi connectivity index (χ0v) is 18.1. The molecule has 0 aromatic heterocycles. The molecular formula is C21H28N2O4S. The van der Waals surface area contributed by atoms with Gasteiger partial charge in [0.25, 0.3) is 0 Å². The number of nitrogens with one attached hydrogen (secondary N) is 1. The number of anilines is 2. The lowest BCUT2D eigenvalue weighted by Crippen LogP contribution is -2.47. The lowest BCUT2D eigenvalue weighted by atomic mass is 10.1. The zero-order valence-electron chi connectivity index (χ0n) is 17.2. The van der Waals surface area contributed by atoms with Gasteiger partial charge in [0.2, 0.25) is 15.9 Å². The summed E-state index contributed by atoms with van der Waals surface area (Å²) >= 11 is 0. The summed E-state index contributed by atoms with van der Waals surface area (Å²) in [5, 5.41) is 2.84. The molecule has 1 atom stereocenters. The van der Waals surface area contributed by atoms with Crippen molar-refractivity contribution in [1.29, 1.82) is 0 Å². The van der Waals surface area contributed by atoms with E-state index in [4.69, 9.17) is 4.74 Å². The summed E-state index contributed by atoms with van der Waals surface area (Å²) in [6, 6.07) is 10.1. The van der Waals surface area contributed by atoms with Crippen molar-refractivity contribution in [3.05, 3.63) is 53.1 Å². The van der Waals surface area contributed by atoms with Crippen molar-refractivity contribution >= 4 is 27.3 Å². The van der Waals surface area contributed by atoms with Crippen LogP contribution in [0.5, 0.6) is 5.75 Å². The number of hydrogen-bond acceptors (Lipinski definition) is 4. The maximum atomic E-state index is 13.1. The highest BCUT2D eigenvalue weighted by molar-refractivity contribution is 7.92. The molecule has 1 N–H and O–H groups in total. The number of methoxy groups -OCH3 is 1. The van der Waals surface area contributed by atoms with E-state index >= 15 is 0 Å². The predicted octanol–water partition coefficient (Wildman–Crippen LogP) is 3.80. The Bertz CT molecular complexity index is 970. The first-order chi connectivity index (χ1) is 13.1. The van der Waals surface area contributed by atoms with Crippen LogP contribution in [0.4, 0.5) is 11.4 Å². The number of amides is 1. The van der Waals surface area contributed by atoms with E-state index in [2.05, 4.69) is 5.32 Å². The fraction of sp³-hybridized carbons (Fsp3) is 0.381. The summed E-state index contributed by atoms with van der Waals surface area (Å²) in [4.78, 5) is 13.1. The Hall–Kier alpha value is -2.54. The Morgan fingerprint density at radius 3 is 2.29 bits per heavy atom. The zero-order chi connectivity index (χ0) is 21.1. The normalized spacial score (nSPS) is 12.4. The molecule has 0 aliphatic heterocycles. The Kier molecular flexibility index (Phi) is 6.72. The van der Waals surface area contributed by atoms with Crippen LogP contribution in [-0.4, -0.2) is 33.7 Å². The summed E-state index contributed by atoms with van der Waals surface area (Å²) in [7, 11) is -2.16. The third kappa shape index (κ3) is 4.84. The van der Waals surface area contributed by atoms with E-state index < -0.39 is 22.0 Å². The molecule has 0 fully saturated rings. The first kappa shape index (κ1) is 21.8. The van der Waals surface area contributed by atoms with Crippen molar-refractivity contribution in [2.45, 2.75) is 40.2 Å². The van der Waals surface area contributed by atoms with Gasteiger partial charge in [-0.25, -0.2) is 8.42 Å². The predicted molar refractivity (Wildman–Crippen MR) is 114 cm³/mol. The Labute approximate surface area is 167 Å². The van der Waals surface area contributed by atoms with E-state index in [-0.39, 0.29) is 0 Å². The summed E-state index contributed by atoms with van der Waals surface area (Å²) in [5.74, 6) is 0.115. The third-order valence-corrected chi connectivity index (χ3v) is 5.71. The third-order valence-electron chi connectivity index (χ3n) is 4.54. The van der Waals surface area contributed by atoms with Crippen LogP contribution in [0.1, 0.15) is 30.0 Å². The van der Waals surface area contributed by atoms with E-state index in [1.807, 2.05) is 39.0 Å². The Morgan fingerprint density at radius 2 is 1.71 bits per heavy atom. The molecule has 0 saturated heterocycles. The van der Waals surface area contributed by atoms with Crippen molar-refractivity contribution in [3.8, 4) is 5.75 Å². The van der Waals surface area contributed by atoms with E-state index in [1.165, 1.54) is 11.4 Å². The monoisotopic (exact) mass is 404 g/mol. The molecule has 28 heavy (non-hydrogen) atoms. The first-order valence-corrected chi connectivity index (χ1v) is 11.0. The van der Waals surface area contributed by atoms with Gasteiger partial charge in [-0.05, 0) is 62.1 Å². The molecule has 6 nitrogen and oxygen atoms in total. The van der Waals surface area contributed by atoms with Gasteiger partial charge in [0.05, 0.1) is 24.7 Å². The van der Waals surface area contributed by atoms with Gasteiger partial charge in [-0.3, -0.25) is 9.10 Å². The van der Waals surface area contributed by atoms with Crippen LogP contribution in [0.15, 0.2) is 36.4 Å². The van der Waals surface area contributed by atoms with Gasteiger partial charge >= 0.3 is 0 Å². The van der Waals surface area contributed by atoms with Crippen molar-refractivity contribution in [3.63, 3.8) is 0 Å². The van der Waals surface area contributed by atoms with E-state index in [1.54, 1.807) is 25.1 Å². The summed E-state index contributed by atoms with van der Waals surface area (Å²) in [6.45, 7) is 7.43. The van der Waals surface area contributed by atoms with Gasteiger partial charge in [0, 0.05) is 0 Å². The lowest BCUT2D eigenvalue weighted by Gasteiger charge is -2.31. The molecule has 2 aromatic carbocycles. The van der Waals surface area contributed by atoms with Crippen LogP contribution in [0.2, 0.25) is 0 Å². The van der Waals surface area contributed by atoms with Crippen molar-refractivity contribution in [1.82, 2.24) is 0 Å². The summed E-state index contributed by atoms with van der Waals surface area (Å²) in [5.41, 5.74) is 3.69. The van der Waals surface area contributed by atoms with Crippen molar-refractivity contribution < 1.29 is 17.9 Å². The maximum Gasteiger partial charge on any atom is 0.248 e. The van der Waals surface area contributed by atoms with Gasteiger partial charge in [0.15, 0.2) is 0 Å². The van der Waals surface area contributed by atoms with Crippen LogP contribution in [0.3, 0.4) is 0 Å². The lowest BCUT2D eigenvalue weighted by molar-refractivity contribution is -0.117. The number of benzene rings is 2. The summed E-state index contributed by atoms with van der Waals surface area (Å²) in [6.07, 6.45) is 1.44. The second-order valence-electron chi connectivity index (χ2n) is 6.97. The molecule has 0 aliphatic rings. The van der Waals surface area contributed by atoms with Crippen LogP contribution in [0.25, 0.3) is 0 Å². The minimum Gasteiger partial charge on any atom is -0.495 e. The quantitative estimate of drug-likeness (QED) is 0.761. The molecule has 0 spiro atoms. The molecule has 0 bridgehead atoms. The number of nitrogens with zero attached hydrogens (tertiary/aromatic N) is 1. The average molecular weight is 405 g/mol. The average Bonchev–Trinajstić information content (AvgIpc) is 2.61. The number of carbonyl (C=O) groups is 1. The van der Waals surface area contributed by atoms with Crippen LogP contribution in [0, 0.1) is 20.8 Å². The molecule has 7 heteroatoms. The maximum absolute atomic E-state index is 13.1. The Morgan fingerprint density at radius 1 is 1.11 bits per heavy atom. The molecule has 0 saturated carbocycles. The smallest absolute Gasteiger partial charge is 0.248 e. The van der Waals surface area contributed by atoms with Gasteiger partial charge < -0.3 is 10.1 Å². The number of aryl methyl sites for hydroxylation is 3. The molecule has 0 radical (unpaired) electrons. The fourth-order valence-corrected chi connectivity index (χ4v) is 4.39. The number of hydrogen-bond donors (Lipinski definition) is 1. The SMILES string of the molecule is CCC(C(=O)Nc1cc(C)ccc1OC)N(c1cc(C)ccc1C)S(C)(=O)=O. The summed E-state index contributed by atoms with van der Waals surface area (Å²) < 4.78 is 31.8. The van der Waals surface area contributed by atoms with Crippen molar-refractivity contribution in [2.75, 3.05) is 23.0 Å². The topological polar surface area (TPSA) is 75.7 Å².